The summed E-state index contributed by atoms with van der Waals surface area (Å²) in [6.45, 7) is 4.67. The summed E-state index contributed by atoms with van der Waals surface area (Å²) in [6.07, 6.45) is 0.230. The molecule has 2 heterocycles. The molecule has 24 heavy (non-hydrogen) atoms. The smallest absolute Gasteiger partial charge is 0.321 e. The number of rotatable bonds is 2. The maximum absolute atomic E-state index is 13.5. The molecular weight excluding hydrogens is 313 g/mol. The number of hydrogen-bond acceptors (Lipinski definition) is 3. The van der Waals surface area contributed by atoms with E-state index in [1.165, 1.54) is 17.0 Å². The number of carbonyl (C=O) groups is 2. The number of amides is 3. The van der Waals surface area contributed by atoms with Gasteiger partial charge in [-0.25, -0.2) is 9.18 Å². The molecule has 2 aliphatic heterocycles. The highest BCUT2D eigenvalue weighted by Gasteiger charge is 2.41. The third-order valence-electron chi connectivity index (χ3n) is 4.84. The Hall–Kier alpha value is -2.15. The quantitative estimate of drug-likeness (QED) is 0.865. The monoisotopic (exact) mass is 335 g/mol. The van der Waals surface area contributed by atoms with Gasteiger partial charge in [-0.1, -0.05) is 26.3 Å². The van der Waals surface area contributed by atoms with Gasteiger partial charge in [0.05, 0.1) is 25.7 Å². The number of aliphatic hydroxyl groups is 1. The summed E-state index contributed by atoms with van der Waals surface area (Å²) in [6, 6.07) is 3.30. The second-order valence-corrected chi connectivity index (χ2v) is 6.59. The molecular formula is C17H22FN3O3. The van der Waals surface area contributed by atoms with E-state index in [0.717, 1.165) is 6.42 Å². The van der Waals surface area contributed by atoms with Gasteiger partial charge in [0.2, 0.25) is 5.91 Å². The Kier molecular flexibility index (Phi) is 4.45. The molecule has 2 aliphatic rings. The second-order valence-electron chi connectivity index (χ2n) is 6.59. The number of likely N-dealkylation sites (tertiary alicyclic amines) is 1. The Labute approximate surface area is 140 Å². The number of hydrogen-bond donors (Lipinski definition) is 2. The average Bonchev–Trinajstić information content (AvgIpc) is 2.66. The van der Waals surface area contributed by atoms with Crippen molar-refractivity contribution in [2.45, 2.75) is 39.0 Å². The molecule has 2 N–H and O–H groups in total. The van der Waals surface area contributed by atoms with Crippen molar-refractivity contribution < 1.29 is 19.1 Å². The molecule has 0 saturated carbocycles. The Bertz CT molecular complexity index is 660. The van der Waals surface area contributed by atoms with Gasteiger partial charge < -0.3 is 20.2 Å². The summed E-state index contributed by atoms with van der Waals surface area (Å²) >= 11 is 0. The molecule has 0 aliphatic carbocycles. The molecule has 0 unspecified atom stereocenters. The van der Waals surface area contributed by atoms with Gasteiger partial charge in [0, 0.05) is 5.69 Å². The van der Waals surface area contributed by atoms with Crippen molar-refractivity contribution in [3.05, 3.63) is 29.6 Å². The van der Waals surface area contributed by atoms with Gasteiger partial charge in [0.15, 0.2) is 0 Å². The molecule has 2 atom stereocenters. The van der Waals surface area contributed by atoms with Crippen LogP contribution in [-0.4, -0.2) is 52.1 Å². The van der Waals surface area contributed by atoms with Crippen molar-refractivity contribution in [3.63, 3.8) is 0 Å². The predicted molar refractivity (Wildman–Crippen MR) is 86.8 cm³/mol. The summed E-state index contributed by atoms with van der Waals surface area (Å²) in [7, 11) is 0. The van der Waals surface area contributed by atoms with Crippen LogP contribution in [0, 0.1) is 11.7 Å². The van der Waals surface area contributed by atoms with Crippen LogP contribution in [0.15, 0.2) is 18.2 Å². The number of carbonyl (C=O) groups excluding carboxylic acids is 2. The number of halogens is 1. The number of nitrogens with one attached hydrogen (secondary N) is 1. The van der Waals surface area contributed by atoms with Crippen LogP contribution in [0.1, 0.15) is 25.8 Å². The summed E-state index contributed by atoms with van der Waals surface area (Å²) in [4.78, 5) is 28.6. The second kappa shape index (κ2) is 6.39. The van der Waals surface area contributed by atoms with Crippen molar-refractivity contribution in [2.24, 2.45) is 5.92 Å². The number of anilines is 1. The van der Waals surface area contributed by atoms with Gasteiger partial charge in [-0.05, 0) is 23.6 Å². The molecule has 1 aromatic carbocycles. The van der Waals surface area contributed by atoms with Crippen molar-refractivity contribution in [2.75, 3.05) is 18.4 Å². The molecule has 0 aromatic heterocycles. The topological polar surface area (TPSA) is 72.9 Å². The first kappa shape index (κ1) is 16.7. The van der Waals surface area contributed by atoms with Crippen LogP contribution in [0.25, 0.3) is 0 Å². The largest absolute Gasteiger partial charge is 0.389 e. The molecule has 0 bridgehead atoms. The number of benzene rings is 1. The lowest BCUT2D eigenvalue weighted by Crippen LogP contribution is -2.60. The Balaban J connectivity index is 1.95. The number of urea groups is 1. The molecule has 7 heteroatoms. The lowest BCUT2D eigenvalue weighted by atomic mass is 9.96. The van der Waals surface area contributed by atoms with E-state index in [-0.39, 0.29) is 37.5 Å². The molecule has 3 amide bonds. The van der Waals surface area contributed by atoms with Gasteiger partial charge in [-0.2, -0.15) is 0 Å². The highest BCUT2D eigenvalue weighted by atomic mass is 19.1. The normalized spacial score (nSPS) is 22.3. The zero-order chi connectivity index (χ0) is 17.4. The number of β-amino-alcohol motifs (C(OH)–C–C–N with tert-alkyl or cyclic N) is 1. The fourth-order valence-electron chi connectivity index (χ4n) is 3.20. The van der Waals surface area contributed by atoms with Crippen LogP contribution in [0.2, 0.25) is 0 Å². The van der Waals surface area contributed by atoms with E-state index in [1.54, 1.807) is 11.0 Å². The van der Waals surface area contributed by atoms with Crippen molar-refractivity contribution >= 4 is 17.6 Å². The summed E-state index contributed by atoms with van der Waals surface area (Å²) < 4.78 is 13.5. The first-order valence-electron chi connectivity index (χ1n) is 8.23. The first-order valence-corrected chi connectivity index (χ1v) is 8.23. The van der Waals surface area contributed by atoms with Crippen LogP contribution in [0.4, 0.5) is 14.9 Å². The van der Waals surface area contributed by atoms with E-state index >= 15 is 0 Å². The molecule has 0 radical (unpaired) electrons. The van der Waals surface area contributed by atoms with Gasteiger partial charge in [-0.3, -0.25) is 4.79 Å². The van der Waals surface area contributed by atoms with Crippen LogP contribution >= 0.6 is 0 Å². The van der Waals surface area contributed by atoms with Gasteiger partial charge >= 0.3 is 6.03 Å². The average molecular weight is 335 g/mol. The summed E-state index contributed by atoms with van der Waals surface area (Å²) in [5.74, 6) is -0.776. The summed E-state index contributed by atoms with van der Waals surface area (Å²) in [5.41, 5.74) is 1.11. The minimum atomic E-state index is -0.629. The summed E-state index contributed by atoms with van der Waals surface area (Å²) in [5, 5.41) is 12.2. The van der Waals surface area contributed by atoms with Crippen LogP contribution < -0.4 is 5.32 Å². The van der Waals surface area contributed by atoms with E-state index in [4.69, 9.17) is 0 Å². The highest BCUT2D eigenvalue weighted by Crippen LogP contribution is 2.29. The van der Waals surface area contributed by atoms with E-state index in [1.807, 2.05) is 13.8 Å². The molecule has 130 valence electrons. The number of nitrogens with zero attached hydrogens (tertiary/aromatic N) is 2. The molecule has 1 saturated heterocycles. The van der Waals surface area contributed by atoms with E-state index < -0.39 is 18.0 Å². The highest BCUT2D eigenvalue weighted by molar-refractivity contribution is 5.99. The third-order valence-corrected chi connectivity index (χ3v) is 4.84. The SMILES string of the molecule is CC[C@H](C)[C@H]1C(=O)Nc2cc(F)ccc2CN1C(=O)N1CC(O)C1. The Morgan fingerprint density at radius 1 is 1.46 bits per heavy atom. The molecule has 3 rings (SSSR count). The maximum atomic E-state index is 13.5. The Morgan fingerprint density at radius 2 is 2.17 bits per heavy atom. The van der Waals surface area contributed by atoms with Gasteiger partial charge in [0.25, 0.3) is 0 Å². The maximum Gasteiger partial charge on any atom is 0.321 e. The molecule has 1 aromatic rings. The minimum Gasteiger partial charge on any atom is -0.389 e. The zero-order valence-corrected chi connectivity index (χ0v) is 13.8. The van der Waals surface area contributed by atoms with E-state index in [9.17, 15) is 19.1 Å². The van der Waals surface area contributed by atoms with Crippen LogP contribution in [-0.2, 0) is 11.3 Å². The van der Waals surface area contributed by atoms with Crippen molar-refractivity contribution in [3.8, 4) is 0 Å². The third kappa shape index (κ3) is 2.96. The van der Waals surface area contributed by atoms with E-state index in [2.05, 4.69) is 5.32 Å². The first-order chi connectivity index (χ1) is 11.4. The van der Waals surface area contributed by atoms with Crippen LogP contribution in [0.3, 0.4) is 0 Å². The van der Waals surface area contributed by atoms with E-state index in [0.29, 0.717) is 11.3 Å². The van der Waals surface area contributed by atoms with Crippen molar-refractivity contribution in [1.82, 2.24) is 9.80 Å². The standard InChI is InChI=1S/C17H22FN3O3/c1-3-10(2)15-16(23)19-14-6-12(18)5-4-11(14)7-21(15)17(24)20-8-13(22)9-20/h4-6,10,13,15,22H,3,7-9H2,1-2H3,(H,19,23)/t10-,15-/m0/s1. The molecule has 1 fully saturated rings. The molecule has 6 nitrogen and oxygen atoms in total. The van der Waals surface area contributed by atoms with Crippen LogP contribution in [0.5, 0.6) is 0 Å². The lowest BCUT2D eigenvalue weighted by Gasteiger charge is -2.42. The number of aliphatic hydroxyl groups excluding tert-OH is 1. The predicted octanol–water partition coefficient (Wildman–Crippen LogP) is 1.79. The minimum absolute atomic E-state index is 0.0423. The molecule has 0 spiro atoms. The fourth-order valence-corrected chi connectivity index (χ4v) is 3.20. The zero-order valence-electron chi connectivity index (χ0n) is 13.8. The number of fused-ring (bicyclic) bond motifs is 1. The van der Waals surface area contributed by atoms with Gasteiger partial charge in [0.1, 0.15) is 11.9 Å². The fraction of sp³-hybridized carbons (Fsp3) is 0.529. The Morgan fingerprint density at radius 3 is 2.79 bits per heavy atom. The lowest BCUT2D eigenvalue weighted by molar-refractivity contribution is -0.122. The van der Waals surface area contributed by atoms with Crippen molar-refractivity contribution in [1.29, 1.82) is 0 Å². The van der Waals surface area contributed by atoms with Gasteiger partial charge in [-0.15, -0.1) is 0 Å².